The Bertz CT molecular complexity index is 498. The Balaban J connectivity index is 2.14. The van der Waals surface area contributed by atoms with Gasteiger partial charge in [-0.05, 0) is 29.9 Å². The van der Waals surface area contributed by atoms with Crippen LogP contribution in [0.1, 0.15) is 11.1 Å². The Morgan fingerprint density at radius 2 is 1.30 bits per heavy atom. The summed E-state index contributed by atoms with van der Waals surface area (Å²) >= 11 is 0. The predicted molar refractivity (Wildman–Crippen MR) is 79.4 cm³/mol. The molecule has 2 aromatic carbocycles. The van der Waals surface area contributed by atoms with E-state index in [-0.39, 0.29) is 5.92 Å². The Morgan fingerprint density at radius 3 is 1.65 bits per heavy atom. The van der Waals surface area contributed by atoms with Crippen LogP contribution in [0.4, 0.5) is 0 Å². The maximum absolute atomic E-state index is 11.2. The summed E-state index contributed by atoms with van der Waals surface area (Å²) in [6, 6.07) is 18.9. The summed E-state index contributed by atoms with van der Waals surface area (Å²) in [7, 11) is 0. The maximum Gasteiger partial charge on any atom is 0.320 e. The molecule has 0 saturated carbocycles. The number of carbonyl (C=O) groups is 1. The Labute approximate surface area is 119 Å². The zero-order valence-electron chi connectivity index (χ0n) is 11.3. The number of hydrogen-bond donors (Lipinski definition) is 2. The molecule has 0 bridgehead atoms. The van der Waals surface area contributed by atoms with Crippen LogP contribution in [0.5, 0.6) is 0 Å². The van der Waals surface area contributed by atoms with E-state index in [0.29, 0.717) is 12.8 Å². The van der Waals surface area contributed by atoms with E-state index >= 15 is 0 Å². The summed E-state index contributed by atoms with van der Waals surface area (Å²) in [5.41, 5.74) is 8.09. The van der Waals surface area contributed by atoms with Crippen LogP contribution in [0.2, 0.25) is 0 Å². The molecule has 0 radical (unpaired) electrons. The molecule has 0 aliphatic rings. The van der Waals surface area contributed by atoms with Crippen LogP contribution in [-0.4, -0.2) is 17.1 Å². The SMILES string of the molecule is NC(C(=O)O)C(Cc1ccccc1)Cc1ccccc1. The van der Waals surface area contributed by atoms with Crippen molar-refractivity contribution in [1.82, 2.24) is 0 Å². The molecular weight excluding hydrogens is 250 g/mol. The van der Waals surface area contributed by atoms with Crippen LogP contribution < -0.4 is 5.73 Å². The lowest BCUT2D eigenvalue weighted by atomic mass is 9.87. The van der Waals surface area contributed by atoms with Gasteiger partial charge in [-0.25, -0.2) is 0 Å². The number of aliphatic carboxylic acids is 1. The summed E-state index contributed by atoms with van der Waals surface area (Å²) in [4.78, 5) is 11.2. The summed E-state index contributed by atoms with van der Waals surface area (Å²) in [5, 5.41) is 9.18. The maximum atomic E-state index is 11.2. The molecule has 0 saturated heterocycles. The zero-order valence-corrected chi connectivity index (χ0v) is 11.3. The average Bonchev–Trinajstić information content (AvgIpc) is 2.48. The van der Waals surface area contributed by atoms with Crippen LogP contribution >= 0.6 is 0 Å². The van der Waals surface area contributed by atoms with Gasteiger partial charge in [0.2, 0.25) is 0 Å². The zero-order chi connectivity index (χ0) is 14.4. The van der Waals surface area contributed by atoms with Gasteiger partial charge >= 0.3 is 5.97 Å². The van der Waals surface area contributed by atoms with Crippen molar-refractivity contribution in [2.75, 3.05) is 0 Å². The number of benzene rings is 2. The van der Waals surface area contributed by atoms with Crippen molar-refractivity contribution in [3.63, 3.8) is 0 Å². The molecule has 3 heteroatoms. The summed E-state index contributed by atoms with van der Waals surface area (Å²) in [6.45, 7) is 0. The van der Waals surface area contributed by atoms with Crippen LogP contribution in [0.3, 0.4) is 0 Å². The standard InChI is InChI=1S/C17H19NO2/c18-16(17(19)20)15(11-13-7-3-1-4-8-13)12-14-9-5-2-6-10-14/h1-10,15-16H,11-12,18H2,(H,19,20). The number of hydrogen-bond acceptors (Lipinski definition) is 2. The van der Waals surface area contributed by atoms with Crippen molar-refractivity contribution in [2.45, 2.75) is 18.9 Å². The molecule has 0 aliphatic carbocycles. The van der Waals surface area contributed by atoms with E-state index in [1.807, 2.05) is 60.7 Å². The van der Waals surface area contributed by atoms with Crippen molar-refractivity contribution >= 4 is 5.97 Å². The minimum Gasteiger partial charge on any atom is -0.480 e. The predicted octanol–water partition coefficient (Wildman–Crippen LogP) is 2.50. The second-order valence-electron chi connectivity index (χ2n) is 5.00. The molecule has 0 aliphatic heterocycles. The number of nitrogens with two attached hydrogens (primary N) is 1. The lowest BCUT2D eigenvalue weighted by Gasteiger charge is -2.21. The van der Waals surface area contributed by atoms with Crippen LogP contribution in [0.25, 0.3) is 0 Å². The third-order valence-corrected chi connectivity index (χ3v) is 3.47. The largest absolute Gasteiger partial charge is 0.480 e. The minimum atomic E-state index is -0.943. The molecule has 2 rings (SSSR count). The van der Waals surface area contributed by atoms with E-state index in [4.69, 9.17) is 5.73 Å². The van der Waals surface area contributed by atoms with Gasteiger partial charge in [-0.2, -0.15) is 0 Å². The second kappa shape index (κ2) is 6.87. The molecule has 104 valence electrons. The Hall–Kier alpha value is -2.13. The van der Waals surface area contributed by atoms with Gasteiger partial charge in [0.15, 0.2) is 0 Å². The van der Waals surface area contributed by atoms with Crippen molar-refractivity contribution in [3.8, 4) is 0 Å². The summed E-state index contributed by atoms with van der Waals surface area (Å²) in [5.74, 6) is -1.06. The fourth-order valence-corrected chi connectivity index (χ4v) is 2.36. The van der Waals surface area contributed by atoms with Gasteiger partial charge in [0.05, 0.1) is 0 Å². The molecule has 0 aromatic heterocycles. The van der Waals surface area contributed by atoms with E-state index in [0.717, 1.165) is 11.1 Å². The highest BCUT2D eigenvalue weighted by Gasteiger charge is 2.24. The Kier molecular flexibility index (Phi) is 4.91. The third kappa shape index (κ3) is 3.93. The first-order chi connectivity index (χ1) is 9.66. The van der Waals surface area contributed by atoms with E-state index in [9.17, 15) is 9.90 Å². The van der Waals surface area contributed by atoms with Crippen molar-refractivity contribution < 1.29 is 9.90 Å². The van der Waals surface area contributed by atoms with Gasteiger partial charge in [0.25, 0.3) is 0 Å². The van der Waals surface area contributed by atoms with Gasteiger partial charge in [0, 0.05) is 0 Å². The molecule has 0 amide bonds. The molecule has 1 unspecified atom stereocenters. The smallest absolute Gasteiger partial charge is 0.320 e. The fraction of sp³-hybridized carbons (Fsp3) is 0.235. The number of rotatable bonds is 6. The lowest BCUT2D eigenvalue weighted by Crippen LogP contribution is -2.40. The Morgan fingerprint density at radius 1 is 0.900 bits per heavy atom. The lowest BCUT2D eigenvalue weighted by molar-refractivity contribution is -0.139. The number of carboxylic acid groups (broad SMARTS) is 1. The number of carboxylic acids is 1. The van der Waals surface area contributed by atoms with Crippen LogP contribution in [-0.2, 0) is 17.6 Å². The molecule has 1 atom stereocenters. The average molecular weight is 269 g/mol. The monoisotopic (exact) mass is 269 g/mol. The normalized spacial score (nSPS) is 12.3. The van der Waals surface area contributed by atoms with Crippen LogP contribution in [0.15, 0.2) is 60.7 Å². The highest BCUT2D eigenvalue weighted by atomic mass is 16.4. The first kappa shape index (κ1) is 14.3. The molecule has 0 heterocycles. The van der Waals surface area contributed by atoms with Gasteiger partial charge in [-0.3, -0.25) is 4.79 Å². The molecule has 20 heavy (non-hydrogen) atoms. The molecule has 3 nitrogen and oxygen atoms in total. The molecule has 2 aromatic rings. The first-order valence-electron chi connectivity index (χ1n) is 6.73. The van der Waals surface area contributed by atoms with Crippen molar-refractivity contribution in [1.29, 1.82) is 0 Å². The fourth-order valence-electron chi connectivity index (χ4n) is 2.36. The summed E-state index contributed by atoms with van der Waals surface area (Å²) in [6.07, 6.45) is 1.34. The molecule has 3 N–H and O–H groups in total. The van der Waals surface area contributed by atoms with E-state index < -0.39 is 12.0 Å². The minimum absolute atomic E-state index is 0.114. The van der Waals surface area contributed by atoms with E-state index in [1.165, 1.54) is 0 Å². The molecular formula is C17H19NO2. The van der Waals surface area contributed by atoms with Gasteiger partial charge < -0.3 is 10.8 Å². The third-order valence-electron chi connectivity index (χ3n) is 3.47. The topological polar surface area (TPSA) is 63.3 Å². The quantitative estimate of drug-likeness (QED) is 0.847. The molecule has 0 fully saturated rings. The van der Waals surface area contributed by atoms with Crippen molar-refractivity contribution in [3.05, 3.63) is 71.8 Å². The van der Waals surface area contributed by atoms with Gasteiger partial charge in [0.1, 0.15) is 6.04 Å². The molecule has 0 spiro atoms. The van der Waals surface area contributed by atoms with E-state index in [1.54, 1.807) is 0 Å². The van der Waals surface area contributed by atoms with Gasteiger partial charge in [-0.15, -0.1) is 0 Å². The highest BCUT2D eigenvalue weighted by Crippen LogP contribution is 2.17. The van der Waals surface area contributed by atoms with Gasteiger partial charge in [-0.1, -0.05) is 60.7 Å². The second-order valence-corrected chi connectivity index (χ2v) is 5.00. The highest BCUT2D eigenvalue weighted by molar-refractivity contribution is 5.73. The van der Waals surface area contributed by atoms with E-state index in [2.05, 4.69) is 0 Å². The van der Waals surface area contributed by atoms with Crippen molar-refractivity contribution in [2.24, 2.45) is 11.7 Å². The van der Waals surface area contributed by atoms with Crippen LogP contribution in [0, 0.1) is 5.92 Å². The first-order valence-corrected chi connectivity index (χ1v) is 6.73. The summed E-state index contributed by atoms with van der Waals surface area (Å²) < 4.78 is 0.